The molecule has 0 radical (unpaired) electrons. The summed E-state index contributed by atoms with van der Waals surface area (Å²) in [6, 6.07) is 5.29. The highest BCUT2D eigenvalue weighted by molar-refractivity contribution is 7.89. The molecule has 118 valence electrons. The monoisotopic (exact) mass is 311 g/mol. The lowest BCUT2D eigenvalue weighted by Gasteiger charge is -2.38. The summed E-state index contributed by atoms with van der Waals surface area (Å²) < 4.78 is 27.9. The number of aliphatic hydroxyl groups excluding tert-OH is 1. The molecule has 21 heavy (non-hydrogen) atoms. The number of rotatable bonds is 4. The van der Waals surface area contributed by atoms with Crippen molar-refractivity contribution in [1.82, 2.24) is 4.31 Å². The van der Waals surface area contributed by atoms with Crippen molar-refractivity contribution in [3.8, 4) is 0 Å². The van der Waals surface area contributed by atoms with Gasteiger partial charge in [-0.1, -0.05) is 25.5 Å². The molecule has 0 amide bonds. The van der Waals surface area contributed by atoms with E-state index in [1.54, 1.807) is 16.4 Å². The predicted octanol–water partition coefficient (Wildman–Crippen LogP) is 2.69. The van der Waals surface area contributed by atoms with Crippen LogP contribution in [-0.4, -0.2) is 29.9 Å². The van der Waals surface area contributed by atoms with Gasteiger partial charge in [0.15, 0.2) is 0 Å². The third-order valence-electron chi connectivity index (χ3n) is 4.36. The van der Waals surface area contributed by atoms with Crippen molar-refractivity contribution in [3.63, 3.8) is 0 Å². The number of sulfonamides is 1. The number of aryl methyl sites for hydroxylation is 1. The van der Waals surface area contributed by atoms with Crippen LogP contribution in [0.2, 0.25) is 0 Å². The van der Waals surface area contributed by atoms with E-state index in [2.05, 4.69) is 0 Å². The number of piperidine rings is 1. The van der Waals surface area contributed by atoms with Crippen molar-refractivity contribution < 1.29 is 13.5 Å². The first-order chi connectivity index (χ1) is 9.91. The largest absolute Gasteiger partial charge is 0.392 e. The molecular formula is C16H25NO3S. The summed E-state index contributed by atoms with van der Waals surface area (Å²) in [6.45, 7) is 5.77. The third-order valence-corrected chi connectivity index (χ3v) is 6.57. The molecule has 2 unspecified atom stereocenters. The number of nitrogens with zero attached hydrogens (tertiary/aromatic N) is 1. The summed E-state index contributed by atoms with van der Waals surface area (Å²) >= 11 is 0. The molecule has 1 aromatic rings. The summed E-state index contributed by atoms with van der Waals surface area (Å²) in [4.78, 5) is 0.358. The Morgan fingerprint density at radius 2 is 1.86 bits per heavy atom. The second-order valence-corrected chi connectivity index (χ2v) is 7.73. The van der Waals surface area contributed by atoms with Gasteiger partial charge in [-0.2, -0.15) is 4.31 Å². The quantitative estimate of drug-likeness (QED) is 0.930. The number of hydrogen-bond donors (Lipinski definition) is 1. The third kappa shape index (κ3) is 3.15. The minimum atomic E-state index is -3.51. The van der Waals surface area contributed by atoms with Crippen molar-refractivity contribution >= 4 is 10.0 Å². The molecule has 1 aliphatic heterocycles. The minimum Gasteiger partial charge on any atom is -0.392 e. The zero-order valence-corrected chi connectivity index (χ0v) is 13.9. The summed E-state index contributed by atoms with van der Waals surface area (Å²) in [5.74, 6) is 0. The van der Waals surface area contributed by atoms with E-state index in [0.29, 0.717) is 16.9 Å². The molecule has 1 heterocycles. The van der Waals surface area contributed by atoms with Crippen LogP contribution < -0.4 is 0 Å². The summed E-state index contributed by atoms with van der Waals surface area (Å²) in [5.41, 5.74) is 1.46. The van der Waals surface area contributed by atoms with E-state index < -0.39 is 10.0 Å². The standard InChI is InChI=1S/C16H25NO3S/c1-4-15-9-8-14(11-18)10-16(15)21(19,20)17-12(2)6-5-7-13(17)3/h8-10,12-13,18H,4-7,11H2,1-3H3. The SMILES string of the molecule is CCc1ccc(CO)cc1S(=O)(=O)N1C(C)CCCC1C. The van der Waals surface area contributed by atoms with Crippen LogP contribution in [0, 0.1) is 0 Å². The summed E-state index contributed by atoms with van der Waals surface area (Å²) in [6.07, 6.45) is 3.55. The van der Waals surface area contributed by atoms with Crippen molar-refractivity contribution in [3.05, 3.63) is 29.3 Å². The Balaban J connectivity index is 2.52. The maximum Gasteiger partial charge on any atom is 0.243 e. The van der Waals surface area contributed by atoms with Gasteiger partial charge in [-0.3, -0.25) is 0 Å². The molecule has 0 saturated carbocycles. The molecular weight excluding hydrogens is 286 g/mol. The highest BCUT2D eigenvalue weighted by atomic mass is 32.2. The first kappa shape index (κ1) is 16.5. The van der Waals surface area contributed by atoms with Crippen LogP contribution >= 0.6 is 0 Å². The Bertz CT molecular complexity index is 588. The normalized spacial score (nSPS) is 24.2. The lowest BCUT2D eigenvalue weighted by Crippen LogP contribution is -2.47. The molecule has 1 aromatic carbocycles. The van der Waals surface area contributed by atoms with Crippen LogP contribution in [0.3, 0.4) is 0 Å². The summed E-state index contributed by atoms with van der Waals surface area (Å²) in [5, 5.41) is 9.30. The second kappa shape index (κ2) is 6.46. The van der Waals surface area contributed by atoms with Gasteiger partial charge >= 0.3 is 0 Å². The van der Waals surface area contributed by atoms with Gasteiger partial charge in [0, 0.05) is 12.1 Å². The Hall–Kier alpha value is -0.910. The predicted molar refractivity (Wildman–Crippen MR) is 83.5 cm³/mol. The van der Waals surface area contributed by atoms with Gasteiger partial charge in [0.05, 0.1) is 11.5 Å². The molecule has 0 spiro atoms. The zero-order chi connectivity index (χ0) is 15.6. The van der Waals surface area contributed by atoms with E-state index in [1.165, 1.54) is 0 Å². The van der Waals surface area contributed by atoms with Crippen molar-refractivity contribution in [2.24, 2.45) is 0 Å². The molecule has 2 atom stereocenters. The van der Waals surface area contributed by atoms with Crippen molar-refractivity contribution in [1.29, 1.82) is 0 Å². The van der Waals surface area contributed by atoms with Gasteiger partial charge in [0.25, 0.3) is 0 Å². The molecule has 1 saturated heterocycles. The van der Waals surface area contributed by atoms with Gasteiger partial charge < -0.3 is 5.11 Å². The van der Waals surface area contributed by atoms with Crippen LogP contribution in [0.15, 0.2) is 23.1 Å². The molecule has 1 aliphatic rings. The topological polar surface area (TPSA) is 57.6 Å². The van der Waals surface area contributed by atoms with E-state index in [4.69, 9.17) is 0 Å². The molecule has 5 heteroatoms. The molecule has 0 aliphatic carbocycles. The van der Waals surface area contributed by atoms with Gasteiger partial charge in [-0.15, -0.1) is 0 Å². The minimum absolute atomic E-state index is 0.0289. The average molecular weight is 311 g/mol. The van der Waals surface area contributed by atoms with Crippen molar-refractivity contribution in [2.75, 3.05) is 0 Å². The van der Waals surface area contributed by atoms with E-state index in [-0.39, 0.29) is 18.7 Å². The highest BCUT2D eigenvalue weighted by Crippen LogP contribution is 2.31. The van der Waals surface area contributed by atoms with Gasteiger partial charge in [0.2, 0.25) is 10.0 Å². The second-order valence-electron chi connectivity index (χ2n) is 5.92. The first-order valence-corrected chi connectivity index (χ1v) is 9.12. The van der Waals surface area contributed by atoms with Gasteiger partial charge in [-0.05, 0) is 50.3 Å². The summed E-state index contributed by atoms with van der Waals surface area (Å²) in [7, 11) is -3.51. The molecule has 2 rings (SSSR count). The van der Waals surface area contributed by atoms with Crippen molar-refractivity contribution in [2.45, 2.75) is 70.0 Å². The molecule has 1 fully saturated rings. The molecule has 0 aromatic heterocycles. The van der Waals surface area contributed by atoms with Gasteiger partial charge in [0.1, 0.15) is 0 Å². The first-order valence-electron chi connectivity index (χ1n) is 7.68. The lowest BCUT2D eigenvalue weighted by molar-refractivity contribution is 0.204. The number of aliphatic hydroxyl groups is 1. The van der Waals surface area contributed by atoms with Gasteiger partial charge in [-0.25, -0.2) is 8.42 Å². The maximum atomic E-state index is 13.1. The Morgan fingerprint density at radius 3 is 2.38 bits per heavy atom. The molecule has 0 bridgehead atoms. The fraction of sp³-hybridized carbons (Fsp3) is 0.625. The Labute approximate surface area is 127 Å². The van der Waals surface area contributed by atoms with Crippen LogP contribution in [0.5, 0.6) is 0 Å². The number of hydrogen-bond acceptors (Lipinski definition) is 3. The highest BCUT2D eigenvalue weighted by Gasteiger charge is 2.36. The average Bonchev–Trinajstić information content (AvgIpc) is 2.46. The van der Waals surface area contributed by atoms with E-state index in [0.717, 1.165) is 24.8 Å². The fourth-order valence-corrected chi connectivity index (χ4v) is 5.44. The number of benzene rings is 1. The molecule has 4 nitrogen and oxygen atoms in total. The van der Waals surface area contributed by atoms with Crippen LogP contribution in [0.4, 0.5) is 0 Å². The zero-order valence-electron chi connectivity index (χ0n) is 13.0. The van der Waals surface area contributed by atoms with Crippen LogP contribution in [-0.2, 0) is 23.1 Å². The Kier molecular flexibility index (Phi) is 5.07. The van der Waals surface area contributed by atoms with Crippen LogP contribution in [0.1, 0.15) is 51.2 Å². The molecule has 1 N–H and O–H groups in total. The smallest absolute Gasteiger partial charge is 0.243 e. The lowest BCUT2D eigenvalue weighted by atomic mass is 10.0. The van der Waals surface area contributed by atoms with E-state index in [9.17, 15) is 13.5 Å². The van der Waals surface area contributed by atoms with E-state index in [1.807, 2.05) is 26.8 Å². The Morgan fingerprint density at radius 1 is 1.24 bits per heavy atom. The van der Waals surface area contributed by atoms with E-state index >= 15 is 0 Å². The maximum absolute atomic E-state index is 13.1. The fourth-order valence-electron chi connectivity index (χ4n) is 3.21. The van der Waals surface area contributed by atoms with Crippen LogP contribution in [0.25, 0.3) is 0 Å².